The maximum absolute atomic E-state index is 12.4. The Morgan fingerprint density at radius 3 is 2.44 bits per heavy atom. The lowest BCUT2D eigenvalue weighted by Crippen LogP contribution is -2.36. The van der Waals surface area contributed by atoms with Crippen molar-refractivity contribution in [2.75, 3.05) is 12.8 Å². The summed E-state index contributed by atoms with van der Waals surface area (Å²) in [6, 6.07) is 2.22. The Hall–Kier alpha value is -1.03. The second-order valence-electron chi connectivity index (χ2n) is 5.18. The molecule has 1 aromatic heterocycles. The first-order valence-corrected chi connectivity index (χ1v) is 7.54. The van der Waals surface area contributed by atoms with E-state index < -0.39 is 0 Å². The molecule has 4 heteroatoms. The molecule has 1 heterocycles. The molecule has 100 valence electrons. The molecule has 2 N–H and O–H groups in total. The topological polar surface area (TPSA) is 46.3 Å². The Balaban J connectivity index is 2.07. The summed E-state index contributed by atoms with van der Waals surface area (Å²) >= 11 is 1.50. The van der Waals surface area contributed by atoms with E-state index in [9.17, 15) is 4.79 Å². The van der Waals surface area contributed by atoms with Crippen molar-refractivity contribution in [2.24, 2.45) is 0 Å². The number of nitrogens with zero attached hydrogens (tertiary/aromatic N) is 1. The Labute approximate surface area is 113 Å². The highest BCUT2D eigenvalue weighted by atomic mass is 32.1. The quantitative estimate of drug-likeness (QED) is 0.834. The number of nitrogens with two attached hydrogens (primary N) is 1. The van der Waals surface area contributed by atoms with Gasteiger partial charge in [-0.05, 0) is 25.8 Å². The Morgan fingerprint density at radius 2 is 1.94 bits per heavy atom. The largest absolute Gasteiger partial charge is 0.398 e. The van der Waals surface area contributed by atoms with Crippen LogP contribution in [0.2, 0.25) is 0 Å². The summed E-state index contributed by atoms with van der Waals surface area (Å²) in [5, 5.41) is 0. The molecule has 1 aliphatic carbocycles. The third kappa shape index (κ3) is 2.86. The molecule has 1 aliphatic rings. The van der Waals surface area contributed by atoms with Crippen LogP contribution in [0.4, 0.5) is 5.69 Å². The van der Waals surface area contributed by atoms with Crippen LogP contribution in [0.5, 0.6) is 0 Å². The maximum Gasteiger partial charge on any atom is 0.263 e. The van der Waals surface area contributed by atoms with E-state index in [1.807, 2.05) is 24.9 Å². The molecule has 1 fully saturated rings. The van der Waals surface area contributed by atoms with E-state index in [0.29, 0.717) is 6.04 Å². The van der Waals surface area contributed by atoms with E-state index in [1.54, 1.807) is 0 Å². The summed E-state index contributed by atoms with van der Waals surface area (Å²) in [4.78, 5) is 16.1. The van der Waals surface area contributed by atoms with Crippen LogP contribution in [-0.2, 0) is 0 Å². The van der Waals surface area contributed by atoms with Crippen LogP contribution in [0.1, 0.15) is 53.1 Å². The molecule has 18 heavy (non-hydrogen) atoms. The average Bonchev–Trinajstić information content (AvgIpc) is 2.61. The minimum absolute atomic E-state index is 0.131. The minimum atomic E-state index is 0.131. The molecule has 0 atom stereocenters. The molecular weight excluding hydrogens is 244 g/mol. The predicted molar refractivity (Wildman–Crippen MR) is 77.1 cm³/mol. The standard InChI is InChI=1S/C14H22N2OS/c1-10-12(15)9-13(18-10)14(17)16(2)11-7-5-3-4-6-8-11/h9,11H,3-8,15H2,1-2H3. The van der Waals surface area contributed by atoms with Gasteiger partial charge >= 0.3 is 0 Å². The van der Waals surface area contributed by atoms with Crippen molar-refractivity contribution in [3.8, 4) is 0 Å². The number of anilines is 1. The lowest BCUT2D eigenvalue weighted by molar-refractivity contribution is 0.0722. The number of carbonyl (C=O) groups excluding carboxylic acids is 1. The van der Waals surface area contributed by atoms with Crippen LogP contribution in [-0.4, -0.2) is 23.9 Å². The van der Waals surface area contributed by atoms with Crippen molar-refractivity contribution < 1.29 is 4.79 Å². The molecular formula is C14H22N2OS. The smallest absolute Gasteiger partial charge is 0.263 e. The molecule has 1 amide bonds. The summed E-state index contributed by atoms with van der Waals surface area (Å²) in [5.74, 6) is 0.131. The molecule has 1 aromatic rings. The number of amides is 1. The monoisotopic (exact) mass is 266 g/mol. The molecule has 0 aromatic carbocycles. The van der Waals surface area contributed by atoms with E-state index in [1.165, 1.54) is 37.0 Å². The average molecular weight is 266 g/mol. The maximum atomic E-state index is 12.4. The first-order valence-electron chi connectivity index (χ1n) is 6.72. The van der Waals surface area contributed by atoms with Crippen molar-refractivity contribution in [1.29, 1.82) is 0 Å². The van der Waals surface area contributed by atoms with Gasteiger partial charge in [-0.25, -0.2) is 0 Å². The number of hydrogen-bond acceptors (Lipinski definition) is 3. The summed E-state index contributed by atoms with van der Waals surface area (Å²) in [7, 11) is 1.93. The highest BCUT2D eigenvalue weighted by Gasteiger charge is 2.23. The lowest BCUT2D eigenvalue weighted by Gasteiger charge is -2.26. The van der Waals surface area contributed by atoms with Gasteiger partial charge in [0, 0.05) is 23.7 Å². The van der Waals surface area contributed by atoms with E-state index in [2.05, 4.69) is 0 Å². The van der Waals surface area contributed by atoms with Gasteiger partial charge in [0.1, 0.15) is 0 Å². The van der Waals surface area contributed by atoms with Gasteiger partial charge < -0.3 is 10.6 Å². The van der Waals surface area contributed by atoms with Crippen molar-refractivity contribution >= 4 is 22.9 Å². The number of nitrogen functional groups attached to an aromatic ring is 1. The van der Waals surface area contributed by atoms with E-state index in [4.69, 9.17) is 5.73 Å². The van der Waals surface area contributed by atoms with Crippen molar-refractivity contribution in [2.45, 2.75) is 51.5 Å². The summed E-state index contributed by atoms with van der Waals surface area (Å²) < 4.78 is 0. The minimum Gasteiger partial charge on any atom is -0.398 e. The molecule has 1 saturated carbocycles. The third-order valence-electron chi connectivity index (χ3n) is 3.86. The first-order chi connectivity index (χ1) is 8.59. The Kier molecular flexibility index (Phi) is 4.27. The predicted octanol–water partition coefficient (Wildman–Crippen LogP) is 3.43. The summed E-state index contributed by atoms with van der Waals surface area (Å²) in [6.45, 7) is 1.96. The zero-order valence-corrected chi connectivity index (χ0v) is 12.1. The number of rotatable bonds is 2. The van der Waals surface area contributed by atoms with Crippen LogP contribution < -0.4 is 5.73 Å². The van der Waals surface area contributed by atoms with Crippen molar-refractivity contribution in [1.82, 2.24) is 4.90 Å². The molecule has 0 spiro atoms. The van der Waals surface area contributed by atoms with Gasteiger partial charge in [-0.3, -0.25) is 4.79 Å². The summed E-state index contributed by atoms with van der Waals surface area (Å²) in [5.41, 5.74) is 6.56. The van der Waals surface area contributed by atoms with Crippen molar-refractivity contribution in [3.05, 3.63) is 15.8 Å². The second-order valence-corrected chi connectivity index (χ2v) is 6.44. The second kappa shape index (κ2) is 5.74. The molecule has 0 unspecified atom stereocenters. The molecule has 0 saturated heterocycles. The Bertz CT molecular complexity index is 400. The molecule has 3 nitrogen and oxygen atoms in total. The SMILES string of the molecule is Cc1sc(C(=O)N(C)C2CCCCCC2)cc1N. The fraction of sp³-hybridized carbons (Fsp3) is 0.643. The van der Waals surface area contributed by atoms with E-state index >= 15 is 0 Å². The van der Waals surface area contributed by atoms with Crippen LogP contribution in [0.25, 0.3) is 0 Å². The van der Waals surface area contributed by atoms with Crippen molar-refractivity contribution in [3.63, 3.8) is 0 Å². The molecule has 0 bridgehead atoms. The normalized spacial score (nSPS) is 17.4. The van der Waals surface area contributed by atoms with Gasteiger partial charge in [0.15, 0.2) is 0 Å². The molecule has 2 rings (SSSR count). The van der Waals surface area contributed by atoms with Crippen LogP contribution >= 0.6 is 11.3 Å². The number of thiophene rings is 1. The van der Waals surface area contributed by atoms with E-state index in [0.717, 1.165) is 28.3 Å². The molecule has 0 radical (unpaired) electrons. The van der Waals surface area contributed by atoms with E-state index in [-0.39, 0.29) is 5.91 Å². The van der Waals surface area contributed by atoms with Gasteiger partial charge in [-0.15, -0.1) is 11.3 Å². The zero-order valence-electron chi connectivity index (χ0n) is 11.2. The highest BCUT2D eigenvalue weighted by Crippen LogP contribution is 2.27. The lowest BCUT2D eigenvalue weighted by atomic mass is 10.1. The van der Waals surface area contributed by atoms with Gasteiger partial charge in [0.05, 0.1) is 4.88 Å². The molecule has 0 aliphatic heterocycles. The fourth-order valence-corrected chi connectivity index (χ4v) is 3.51. The fourth-order valence-electron chi connectivity index (χ4n) is 2.59. The zero-order chi connectivity index (χ0) is 13.1. The first kappa shape index (κ1) is 13.4. The Morgan fingerprint density at radius 1 is 1.33 bits per heavy atom. The van der Waals surface area contributed by atoms with Crippen LogP contribution in [0.15, 0.2) is 6.07 Å². The van der Waals surface area contributed by atoms with Crippen LogP contribution in [0.3, 0.4) is 0 Å². The number of aryl methyl sites for hydroxylation is 1. The van der Waals surface area contributed by atoms with Gasteiger partial charge in [0.25, 0.3) is 5.91 Å². The van der Waals surface area contributed by atoms with Gasteiger partial charge in [-0.1, -0.05) is 25.7 Å². The highest BCUT2D eigenvalue weighted by molar-refractivity contribution is 7.14. The summed E-state index contributed by atoms with van der Waals surface area (Å²) in [6.07, 6.45) is 7.39. The number of hydrogen-bond donors (Lipinski definition) is 1. The van der Waals surface area contributed by atoms with Crippen LogP contribution in [0, 0.1) is 6.92 Å². The third-order valence-corrected chi connectivity index (χ3v) is 4.91. The number of carbonyl (C=O) groups is 1. The van der Waals surface area contributed by atoms with Gasteiger partial charge in [0.2, 0.25) is 0 Å². The van der Waals surface area contributed by atoms with Gasteiger partial charge in [-0.2, -0.15) is 0 Å².